The summed E-state index contributed by atoms with van der Waals surface area (Å²) >= 11 is 17.6. The Morgan fingerprint density at radius 2 is 1.81 bits per heavy atom. The Hall–Kier alpha value is -1.04. The fraction of sp³-hybridized carbons (Fsp3) is 0.462. The Labute approximate surface area is 138 Å². The normalized spacial score (nSPS) is 10.6. The minimum absolute atomic E-state index is 0.0112. The van der Waals surface area contributed by atoms with Crippen molar-refractivity contribution in [1.82, 2.24) is 15.6 Å². The molecule has 0 aliphatic heterocycles. The third-order valence-electron chi connectivity index (χ3n) is 2.75. The van der Waals surface area contributed by atoms with Gasteiger partial charge in [0, 0.05) is 6.54 Å². The van der Waals surface area contributed by atoms with E-state index in [9.17, 15) is 9.59 Å². The van der Waals surface area contributed by atoms with Gasteiger partial charge in [0.1, 0.15) is 10.3 Å². The lowest BCUT2D eigenvalue weighted by molar-refractivity contribution is 0.0963. The van der Waals surface area contributed by atoms with E-state index in [1.54, 1.807) is 6.92 Å². The number of hydrogen-bond donors (Lipinski definition) is 2. The zero-order valence-corrected chi connectivity index (χ0v) is 14.2. The van der Waals surface area contributed by atoms with Gasteiger partial charge in [-0.3, -0.25) is 10.1 Å². The standard InChI is InChI=1S/C13H16Cl3N3O2/c1-6(2)4-5-17-13(21)19-12(20)8-7(3)9(14)11(16)18-10(8)15/h6H,4-5H2,1-3H3,(H2,17,19,20,21). The molecule has 0 bridgehead atoms. The summed E-state index contributed by atoms with van der Waals surface area (Å²) in [5, 5.41) is 4.81. The number of carbonyl (C=O) groups is 2. The molecule has 1 heterocycles. The second-order valence-electron chi connectivity index (χ2n) is 4.90. The van der Waals surface area contributed by atoms with Crippen molar-refractivity contribution in [3.63, 3.8) is 0 Å². The zero-order valence-electron chi connectivity index (χ0n) is 11.9. The molecule has 1 aromatic rings. The van der Waals surface area contributed by atoms with Gasteiger partial charge in [-0.05, 0) is 24.8 Å². The molecular formula is C13H16Cl3N3O2. The first kappa shape index (κ1) is 18.0. The number of halogens is 3. The summed E-state index contributed by atoms with van der Waals surface area (Å²) in [5.41, 5.74) is 0.402. The van der Waals surface area contributed by atoms with Gasteiger partial charge in [-0.25, -0.2) is 9.78 Å². The number of aromatic nitrogens is 1. The summed E-state index contributed by atoms with van der Waals surface area (Å²) in [6.07, 6.45) is 0.815. The van der Waals surface area contributed by atoms with Crippen LogP contribution in [0, 0.1) is 12.8 Å². The van der Waals surface area contributed by atoms with Gasteiger partial charge in [0.15, 0.2) is 0 Å². The first-order valence-electron chi connectivity index (χ1n) is 6.34. The van der Waals surface area contributed by atoms with Crippen molar-refractivity contribution < 1.29 is 9.59 Å². The summed E-state index contributed by atoms with van der Waals surface area (Å²) in [5.74, 6) is -0.220. The highest BCUT2D eigenvalue weighted by atomic mass is 35.5. The maximum absolute atomic E-state index is 12.1. The average Bonchev–Trinajstić information content (AvgIpc) is 2.35. The Balaban J connectivity index is 2.77. The lowest BCUT2D eigenvalue weighted by Crippen LogP contribution is -2.40. The van der Waals surface area contributed by atoms with Crippen molar-refractivity contribution >= 4 is 46.7 Å². The molecule has 1 rings (SSSR count). The number of nitrogens with one attached hydrogen (secondary N) is 2. The van der Waals surface area contributed by atoms with Crippen molar-refractivity contribution in [3.8, 4) is 0 Å². The number of carbonyl (C=O) groups excluding carboxylic acids is 2. The predicted molar refractivity (Wildman–Crippen MR) is 84.3 cm³/mol. The lowest BCUT2D eigenvalue weighted by Gasteiger charge is -2.11. The van der Waals surface area contributed by atoms with Gasteiger partial charge < -0.3 is 5.32 Å². The van der Waals surface area contributed by atoms with Crippen LogP contribution in [0.5, 0.6) is 0 Å². The fourth-order valence-electron chi connectivity index (χ4n) is 1.56. The molecule has 0 saturated heterocycles. The highest BCUT2D eigenvalue weighted by Crippen LogP contribution is 2.30. The Morgan fingerprint density at radius 3 is 2.38 bits per heavy atom. The minimum Gasteiger partial charge on any atom is -0.338 e. The van der Waals surface area contributed by atoms with Crippen LogP contribution in [0.1, 0.15) is 36.2 Å². The van der Waals surface area contributed by atoms with Crippen LogP contribution in [-0.4, -0.2) is 23.5 Å². The summed E-state index contributed by atoms with van der Waals surface area (Å²) < 4.78 is 0. The smallest absolute Gasteiger partial charge is 0.321 e. The van der Waals surface area contributed by atoms with Crippen LogP contribution in [0.4, 0.5) is 4.79 Å². The average molecular weight is 353 g/mol. The molecule has 0 radical (unpaired) electrons. The maximum Gasteiger partial charge on any atom is 0.321 e. The van der Waals surface area contributed by atoms with E-state index in [-0.39, 0.29) is 20.9 Å². The van der Waals surface area contributed by atoms with Gasteiger partial charge in [-0.2, -0.15) is 0 Å². The Morgan fingerprint density at radius 1 is 1.19 bits per heavy atom. The highest BCUT2D eigenvalue weighted by molar-refractivity contribution is 6.43. The van der Waals surface area contributed by atoms with Crippen LogP contribution >= 0.6 is 34.8 Å². The van der Waals surface area contributed by atoms with Gasteiger partial charge in [0.05, 0.1) is 10.6 Å². The Bertz CT molecular complexity index is 562. The molecule has 1 aromatic heterocycles. The van der Waals surface area contributed by atoms with Crippen LogP contribution in [-0.2, 0) is 0 Å². The van der Waals surface area contributed by atoms with Crippen LogP contribution in [0.25, 0.3) is 0 Å². The third-order valence-corrected chi connectivity index (χ3v) is 3.86. The molecule has 21 heavy (non-hydrogen) atoms. The Kier molecular flexibility index (Phi) is 6.71. The van der Waals surface area contributed by atoms with Crippen molar-refractivity contribution in [2.45, 2.75) is 27.2 Å². The van der Waals surface area contributed by atoms with E-state index < -0.39 is 11.9 Å². The van der Waals surface area contributed by atoms with Crippen molar-refractivity contribution in [2.24, 2.45) is 5.92 Å². The van der Waals surface area contributed by atoms with Crippen LogP contribution < -0.4 is 10.6 Å². The quantitative estimate of drug-likeness (QED) is 0.809. The molecule has 0 atom stereocenters. The molecule has 0 aliphatic carbocycles. The van der Waals surface area contributed by atoms with Crippen molar-refractivity contribution in [2.75, 3.05) is 6.54 Å². The first-order chi connectivity index (χ1) is 9.73. The molecule has 3 amide bonds. The molecule has 0 unspecified atom stereocenters. The predicted octanol–water partition coefficient (Wildman–Crippen LogP) is 3.84. The number of imide groups is 1. The monoisotopic (exact) mass is 351 g/mol. The van der Waals surface area contributed by atoms with Crippen molar-refractivity contribution in [1.29, 1.82) is 0 Å². The summed E-state index contributed by atoms with van der Waals surface area (Å²) in [7, 11) is 0. The molecular weight excluding hydrogens is 337 g/mol. The molecule has 8 heteroatoms. The third kappa shape index (κ3) is 5.02. The number of nitrogens with zero attached hydrogens (tertiary/aromatic N) is 1. The fourth-order valence-corrected chi connectivity index (χ4v) is 2.28. The molecule has 0 fully saturated rings. The number of urea groups is 1. The second kappa shape index (κ2) is 7.82. The number of pyridine rings is 1. The second-order valence-corrected chi connectivity index (χ2v) is 5.99. The van der Waals surface area contributed by atoms with E-state index in [1.165, 1.54) is 0 Å². The van der Waals surface area contributed by atoms with Gasteiger partial charge >= 0.3 is 6.03 Å². The number of amides is 3. The zero-order chi connectivity index (χ0) is 16.2. The van der Waals surface area contributed by atoms with Crippen molar-refractivity contribution in [3.05, 3.63) is 26.5 Å². The number of hydrogen-bond acceptors (Lipinski definition) is 3. The summed E-state index contributed by atoms with van der Waals surface area (Å²) in [6, 6.07) is -0.595. The van der Waals surface area contributed by atoms with E-state index >= 15 is 0 Å². The first-order valence-corrected chi connectivity index (χ1v) is 7.47. The molecule has 5 nitrogen and oxygen atoms in total. The van der Waals surface area contributed by atoms with E-state index in [1.807, 2.05) is 13.8 Å². The molecule has 116 valence electrons. The molecule has 0 spiro atoms. The lowest BCUT2D eigenvalue weighted by atomic mass is 10.1. The van der Waals surface area contributed by atoms with Gasteiger partial charge in [0.2, 0.25) is 0 Å². The largest absolute Gasteiger partial charge is 0.338 e. The molecule has 0 saturated carbocycles. The van der Waals surface area contributed by atoms with Gasteiger partial charge in [-0.15, -0.1) is 0 Å². The summed E-state index contributed by atoms with van der Waals surface area (Å²) in [4.78, 5) is 27.4. The van der Waals surface area contributed by atoms with Crippen LogP contribution in [0.3, 0.4) is 0 Å². The number of rotatable bonds is 4. The topological polar surface area (TPSA) is 71.1 Å². The van der Waals surface area contributed by atoms with Gasteiger partial charge in [0.25, 0.3) is 5.91 Å². The van der Waals surface area contributed by atoms with Crippen LogP contribution in [0.2, 0.25) is 15.3 Å². The minimum atomic E-state index is -0.675. The van der Waals surface area contributed by atoms with E-state index in [2.05, 4.69) is 15.6 Å². The SMILES string of the molecule is Cc1c(Cl)c(Cl)nc(Cl)c1C(=O)NC(=O)NCCC(C)C. The van der Waals surface area contributed by atoms with Crippen LogP contribution in [0.15, 0.2) is 0 Å². The highest BCUT2D eigenvalue weighted by Gasteiger charge is 2.21. The molecule has 2 N–H and O–H groups in total. The summed E-state index contributed by atoms with van der Waals surface area (Å²) in [6.45, 7) is 6.13. The van der Waals surface area contributed by atoms with E-state index in [0.717, 1.165) is 6.42 Å². The maximum atomic E-state index is 12.1. The van der Waals surface area contributed by atoms with E-state index in [0.29, 0.717) is 18.0 Å². The molecule has 0 aliphatic rings. The molecule has 0 aromatic carbocycles. The van der Waals surface area contributed by atoms with E-state index in [4.69, 9.17) is 34.8 Å². The van der Waals surface area contributed by atoms with Gasteiger partial charge in [-0.1, -0.05) is 48.7 Å².